The molecule has 0 spiro atoms. The first kappa shape index (κ1) is 15.8. The average molecular weight is 290 g/mol. The highest BCUT2D eigenvalue weighted by Crippen LogP contribution is 2.34. The first-order chi connectivity index (χ1) is 9.88. The molecule has 2 rings (SSSR count). The molecule has 0 bridgehead atoms. The SMILES string of the molecule is CC(C)CC(NC1CCc2cc(O)ccc21)C(=O)N(C)C. The van der Waals surface area contributed by atoms with Crippen molar-refractivity contribution in [2.75, 3.05) is 14.1 Å². The molecular weight excluding hydrogens is 264 g/mol. The highest BCUT2D eigenvalue weighted by molar-refractivity contribution is 5.81. The fourth-order valence-electron chi connectivity index (χ4n) is 3.04. The summed E-state index contributed by atoms with van der Waals surface area (Å²) in [6.07, 6.45) is 2.76. The summed E-state index contributed by atoms with van der Waals surface area (Å²) in [6.45, 7) is 4.27. The van der Waals surface area contributed by atoms with Gasteiger partial charge in [0.1, 0.15) is 5.75 Å². The van der Waals surface area contributed by atoms with Gasteiger partial charge >= 0.3 is 0 Å². The number of fused-ring (bicyclic) bond motifs is 1. The van der Waals surface area contributed by atoms with E-state index in [1.165, 1.54) is 11.1 Å². The van der Waals surface area contributed by atoms with Crippen molar-refractivity contribution >= 4 is 5.91 Å². The Kier molecular flexibility index (Phi) is 4.88. The molecule has 1 aliphatic rings. The Morgan fingerprint density at radius 2 is 2.14 bits per heavy atom. The number of nitrogens with zero attached hydrogens (tertiary/aromatic N) is 1. The number of carbonyl (C=O) groups excluding carboxylic acids is 1. The topological polar surface area (TPSA) is 52.6 Å². The van der Waals surface area contributed by atoms with Crippen molar-refractivity contribution in [1.82, 2.24) is 10.2 Å². The van der Waals surface area contributed by atoms with Crippen LogP contribution >= 0.6 is 0 Å². The fraction of sp³-hybridized carbons (Fsp3) is 0.588. The molecule has 1 aromatic carbocycles. The van der Waals surface area contributed by atoms with E-state index >= 15 is 0 Å². The number of hydrogen-bond acceptors (Lipinski definition) is 3. The molecule has 0 aliphatic heterocycles. The van der Waals surface area contributed by atoms with Crippen molar-refractivity contribution in [3.63, 3.8) is 0 Å². The molecular formula is C17H26N2O2. The van der Waals surface area contributed by atoms with Crippen LogP contribution in [0.4, 0.5) is 0 Å². The van der Waals surface area contributed by atoms with E-state index in [2.05, 4.69) is 19.2 Å². The second-order valence-corrected chi connectivity index (χ2v) is 6.56. The zero-order chi connectivity index (χ0) is 15.6. The standard InChI is InChI=1S/C17H26N2O2/c1-11(2)9-16(17(21)19(3)4)18-15-8-5-12-10-13(20)6-7-14(12)15/h6-7,10-11,15-16,18,20H,5,8-9H2,1-4H3. The summed E-state index contributed by atoms with van der Waals surface area (Å²) in [7, 11) is 3.61. The van der Waals surface area contributed by atoms with Crippen LogP contribution in [0.25, 0.3) is 0 Å². The Morgan fingerprint density at radius 3 is 2.76 bits per heavy atom. The number of benzene rings is 1. The first-order valence-electron chi connectivity index (χ1n) is 7.67. The van der Waals surface area contributed by atoms with Gasteiger partial charge in [-0.1, -0.05) is 19.9 Å². The summed E-state index contributed by atoms with van der Waals surface area (Å²) in [5.74, 6) is 0.917. The molecule has 0 saturated carbocycles. The average Bonchev–Trinajstić information content (AvgIpc) is 2.78. The Balaban J connectivity index is 2.13. The Hall–Kier alpha value is -1.55. The van der Waals surface area contributed by atoms with E-state index in [1.807, 2.05) is 12.1 Å². The molecule has 2 atom stereocenters. The third-order valence-corrected chi connectivity index (χ3v) is 4.05. The van der Waals surface area contributed by atoms with Crippen LogP contribution in [-0.4, -0.2) is 36.1 Å². The summed E-state index contributed by atoms with van der Waals surface area (Å²) in [6, 6.07) is 5.59. The van der Waals surface area contributed by atoms with Gasteiger partial charge in [-0.3, -0.25) is 10.1 Å². The molecule has 0 aromatic heterocycles. The first-order valence-corrected chi connectivity index (χ1v) is 7.67. The second-order valence-electron chi connectivity index (χ2n) is 6.56. The number of phenols is 1. The summed E-state index contributed by atoms with van der Waals surface area (Å²) in [4.78, 5) is 14.0. The molecule has 2 N–H and O–H groups in total. The lowest BCUT2D eigenvalue weighted by molar-refractivity contribution is -0.131. The van der Waals surface area contributed by atoms with Crippen LogP contribution in [-0.2, 0) is 11.2 Å². The van der Waals surface area contributed by atoms with Crippen molar-refractivity contribution in [3.8, 4) is 5.75 Å². The largest absolute Gasteiger partial charge is 0.508 e. The predicted molar refractivity (Wildman–Crippen MR) is 84.2 cm³/mol. The summed E-state index contributed by atoms with van der Waals surface area (Å²) in [5.41, 5.74) is 2.40. The van der Waals surface area contributed by atoms with E-state index in [9.17, 15) is 9.90 Å². The Bertz CT molecular complexity index is 512. The van der Waals surface area contributed by atoms with Gasteiger partial charge < -0.3 is 10.0 Å². The molecule has 0 fully saturated rings. The number of rotatable bonds is 5. The Morgan fingerprint density at radius 1 is 1.43 bits per heavy atom. The minimum Gasteiger partial charge on any atom is -0.508 e. The molecule has 0 radical (unpaired) electrons. The third kappa shape index (κ3) is 3.76. The van der Waals surface area contributed by atoms with E-state index in [4.69, 9.17) is 0 Å². The molecule has 1 aromatic rings. The maximum absolute atomic E-state index is 12.4. The van der Waals surface area contributed by atoms with E-state index in [-0.39, 0.29) is 18.0 Å². The number of nitrogens with one attached hydrogen (secondary N) is 1. The van der Waals surface area contributed by atoms with Crippen molar-refractivity contribution < 1.29 is 9.90 Å². The minimum absolute atomic E-state index is 0.135. The van der Waals surface area contributed by atoms with Gasteiger partial charge in [-0.15, -0.1) is 0 Å². The monoisotopic (exact) mass is 290 g/mol. The van der Waals surface area contributed by atoms with Gasteiger partial charge in [0.25, 0.3) is 0 Å². The maximum atomic E-state index is 12.4. The smallest absolute Gasteiger partial charge is 0.239 e. The number of hydrogen-bond donors (Lipinski definition) is 2. The summed E-state index contributed by atoms with van der Waals surface area (Å²) >= 11 is 0. The van der Waals surface area contributed by atoms with Crippen LogP contribution in [0.3, 0.4) is 0 Å². The van der Waals surface area contributed by atoms with Crippen molar-refractivity contribution in [2.24, 2.45) is 5.92 Å². The van der Waals surface area contributed by atoms with Crippen molar-refractivity contribution in [1.29, 1.82) is 0 Å². The molecule has 4 heteroatoms. The van der Waals surface area contributed by atoms with Crippen LogP contribution in [0.2, 0.25) is 0 Å². The maximum Gasteiger partial charge on any atom is 0.239 e. The number of aromatic hydroxyl groups is 1. The van der Waals surface area contributed by atoms with Gasteiger partial charge in [0.05, 0.1) is 6.04 Å². The van der Waals surface area contributed by atoms with Gasteiger partial charge in [-0.25, -0.2) is 0 Å². The second kappa shape index (κ2) is 6.48. The van der Waals surface area contributed by atoms with Gasteiger partial charge in [0.2, 0.25) is 5.91 Å². The zero-order valence-electron chi connectivity index (χ0n) is 13.4. The van der Waals surface area contributed by atoms with E-state index < -0.39 is 0 Å². The lowest BCUT2D eigenvalue weighted by Gasteiger charge is -2.26. The summed E-state index contributed by atoms with van der Waals surface area (Å²) < 4.78 is 0. The number of carbonyl (C=O) groups is 1. The molecule has 116 valence electrons. The molecule has 4 nitrogen and oxygen atoms in total. The van der Waals surface area contributed by atoms with Crippen molar-refractivity contribution in [2.45, 2.75) is 45.2 Å². The Labute approximate surface area is 127 Å². The lowest BCUT2D eigenvalue weighted by atomic mass is 10.00. The van der Waals surface area contributed by atoms with Gasteiger partial charge in [-0.2, -0.15) is 0 Å². The third-order valence-electron chi connectivity index (χ3n) is 4.05. The van der Waals surface area contributed by atoms with Crippen LogP contribution in [0.15, 0.2) is 18.2 Å². The van der Waals surface area contributed by atoms with Crippen LogP contribution < -0.4 is 5.32 Å². The molecule has 21 heavy (non-hydrogen) atoms. The van der Waals surface area contributed by atoms with Gasteiger partial charge in [-0.05, 0) is 48.4 Å². The molecule has 2 unspecified atom stereocenters. The van der Waals surface area contributed by atoms with Crippen molar-refractivity contribution in [3.05, 3.63) is 29.3 Å². The normalized spacial score (nSPS) is 18.6. The number of aryl methyl sites for hydroxylation is 1. The van der Waals surface area contributed by atoms with Gasteiger partial charge in [0.15, 0.2) is 0 Å². The quantitative estimate of drug-likeness (QED) is 0.876. The highest BCUT2D eigenvalue weighted by Gasteiger charge is 2.29. The molecule has 0 saturated heterocycles. The van der Waals surface area contributed by atoms with Crippen LogP contribution in [0.1, 0.15) is 43.9 Å². The van der Waals surface area contributed by atoms with Crippen LogP contribution in [0.5, 0.6) is 5.75 Å². The van der Waals surface area contributed by atoms with E-state index in [1.54, 1.807) is 25.1 Å². The van der Waals surface area contributed by atoms with E-state index in [0.717, 1.165) is 19.3 Å². The van der Waals surface area contributed by atoms with Crippen LogP contribution in [0, 0.1) is 5.92 Å². The van der Waals surface area contributed by atoms with E-state index in [0.29, 0.717) is 11.7 Å². The highest BCUT2D eigenvalue weighted by atomic mass is 16.3. The number of amides is 1. The molecule has 0 heterocycles. The minimum atomic E-state index is -0.148. The predicted octanol–water partition coefficient (Wildman–Crippen LogP) is 2.47. The van der Waals surface area contributed by atoms with Gasteiger partial charge in [0, 0.05) is 20.1 Å². The zero-order valence-corrected chi connectivity index (χ0v) is 13.4. The fourth-order valence-corrected chi connectivity index (χ4v) is 3.04. The number of likely N-dealkylation sites (N-methyl/N-ethyl adjacent to an activating group) is 1. The molecule has 1 aliphatic carbocycles. The molecule has 1 amide bonds. The lowest BCUT2D eigenvalue weighted by Crippen LogP contribution is -2.45. The number of phenolic OH excluding ortho intramolecular Hbond substituents is 1. The summed E-state index contributed by atoms with van der Waals surface area (Å²) in [5, 5.41) is 13.1.